The zero-order valence-electron chi connectivity index (χ0n) is 5.45. The Morgan fingerprint density at radius 1 is 1.67 bits per heavy atom. The van der Waals surface area contributed by atoms with E-state index >= 15 is 0 Å². The standard InChI is InChI=1S/C7H11N2/c1-2-5-9-6-3-4-8-7-9/h3-4,7H,1-2,5-6H2. The van der Waals surface area contributed by atoms with Crippen molar-refractivity contribution in [2.45, 2.75) is 6.42 Å². The van der Waals surface area contributed by atoms with Crippen LogP contribution in [0.4, 0.5) is 0 Å². The minimum Gasteiger partial charge on any atom is -0.359 e. The van der Waals surface area contributed by atoms with Gasteiger partial charge in [0.15, 0.2) is 0 Å². The molecule has 9 heavy (non-hydrogen) atoms. The van der Waals surface area contributed by atoms with Gasteiger partial charge >= 0.3 is 0 Å². The van der Waals surface area contributed by atoms with Crippen LogP contribution in [-0.4, -0.2) is 24.3 Å². The molecule has 0 aromatic rings. The van der Waals surface area contributed by atoms with Crippen molar-refractivity contribution in [3.63, 3.8) is 0 Å². The van der Waals surface area contributed by atoms with E-state index in [4.69, 9.17) is 0 Å². The first-order valence-electron chi connectivity index (χ1n) is 3.15. The van der Waals surface area contributed by atoms with Crippen molar-refractivity contribution < 1.29 is 0 Å². The second-order valence-corrected chi connectivity index (χ2v) is 2.00. The highest BCUT2D eigenvalue weighted by molar-refractivity contribution is 5.57. The van der Waals surface area contributed by atoms with Gasteiger partial charge in [0.25, 0.3) is 0 Å². The van der Waals surface area contributed by atoms with Crippen molar-refractivity contribution in [3.05, 3.63) is 19.2 Å². The van der Waals surface area contributed by atoms with Gasteiger partial charge in [0, 0.05) is 19.3 Å². The van der Waals surface area contributed by atoms with Crippen LogP contribution < -0.4 is 0 Å². The third-order valence-electron chi connectivity index (χ3n) is 1.21. The van der Waals surface area contributed by atoms with E-state index in [9.17, 15) is 0 Å². The molecule has 0 saturated heterocycles. The topological polar surface area (TPSA) is 15.6 Å². The molecule has 1 aliphatic heterocycles. The van der Waals surface area contributed by atoms with Crippen LogP contribution in [-0.2, 0) is 0 Å². The van der Waals surface area contributed by atoms with Crippen LogP contribution in [0.15, 0.2) is 17.3 Å². The summed E-state index contributed by atoms with van der Waals surface area (Å²) in [4.78, 5) is 6.10. The maximum absolute atomic E-state index is 3.97. The van der Waals surface area contributed by atoms with Crippen molar-refractivity contribution in [1.29, 1.82) is 0 Å². The van der Waals surface area contributed by atoms with Gasteiger partial charge in [-0.25, -0.2) is 4.99 Å². The maximum atomic E-state index is 3.97. The fourth-order valence-corrected chi connectivity index (χ4v) is 0.775. The Bertz CT molecular complexity index is 127. The van der Waals surface area contributed by atoms with Crippen molar-refractivity contribution in [1.82, 2.24) is 4.90 Å². The smallest absolute Gasteiger partial charge is 0.0907 e. The van der Waals surface area contributed by atoms with Crippen molar-refractivity contribution in [2.75, 3.05) is 13.1 Å². The largest absolute Gasteiger partial charge is 0.359 e. The minimum absolute atomic E-state index is 0.944. The van der Waals surface area contributed by atoms with Gasteiger partial charge < -0.3 is 4.90 Å². The Kier molecular flexibility index (Phi) is 2.31. The highest BCUT2D eigenvalue weighted by Gasteiger charge is 1.95. The number of rotatable bonds is 2. The molecule has 1 heterocycles. The number of hydrogen-bond donors (Lipinski definition) is 0. The van der Waals surface area contributed by atoms with Gasteiger partial charge in [0.2, 0.25) is 0 Å². The average Bonchev–Trinajstić information content (AvgIpc) is 1.91. The minimum atomic E-state index is 0.944. The SMILES string of the molecule is [CH2]CCN1C=NC=CC1. The first-order chi connectivity index (χ1) is 4.43. The maximum Gasteiger partial charge on any atom is 0.0907 e. The average molecular weight is 123 g/mol. The summed E-state index contributed by atoms with van der Waals surface area (Å²) in [7, 11) is 0. The lowest BCUT2D eigenvalue weighted by Crippen LogP contribution is -2.24. The molecular weight excluding hydrogens is 112 g/mol. The van der Waals surface area contributed by atoms with Gasteiger partial charge in [-0.1, -0.05) is 6.92 Å². The van der Waals surface area contributed by atoms with Crippen LogP contribution in [0.1, 0.15) is 6.42 Å². The summed E-state index contributed by atoms with van der Waals surface area (Å²) in [6.07, 6.45) is 6.65. The van der Waals surface area contributed by atoms with E-state index in [1.807, 2.05) is 18.6 Å². The van der Waals surface area contributed by atoms with Crippen LogP contribution in [0.2, 0.25) is 0 Å². The Morgan fingerprint density at radius 2 is 2.56 bits per heavy atom. The summed E-state index contributed by atoms with van der Waals surface area (Å²) in [6.45, 7) is 5.75. The van der Waals surface area contributed by atoms with E-state index in [0.717, 1.165) is 19.5 Å². The van der Waals surface area contributed by atoms with Crippen molar-refractivity contribution in [3.8, 4) is 0 Å². The van der Waals surface area contributed by atoms with E-state index in [1.165, 1.54) is 0 Å². The molecule has 0 aromatic heterocycles. The van der Waals surface area contributed by atoms with E-state index < -0.39 is 0 Å². The first-order valence-corrected chi connectivity index (χ1v) is 3.15. The molecular formula is C7H11N2. The summed E-state index contributed by atoms with van der Waals surface area (Å²) in [5.74, 6) is 0. The zero-order valence-corrected chi connectivity index (χ0v) is 5.45. The molecule has 2 nitrogen and oxygen atoms in total. The van der Waals surface area contributed by atoms with E-state index in [-0.39, 0.29) is 0 Å². The summed E-state index contributed by atoms with van der Waals surface area (Å²) >= 11 is 0. The second-order valence-electron chi connectivity index (χ2n) is 2.00. The lowest BCUT2D eigenvalue weighted by molar-refractivity contribution is 0.477. The molecule has 0 atom stereocenters. The predicted molar refractivity (Wildman–Crippen MR) is 39.2 cm³/mol. The molecule has 0 amide bonds. The molecule has 1 radical (unpaired) electrons. The van der Waals surface area contributed by atoms with Crippen LogP contribution in [0.3, 0.4) is 0 Å². The van der Waals surface area contributed by atoms with Gasteiger partial charge in [0.1, 0.15) is 0 Å². The molecule has 0 bridgehead atoms. The highest BCUT2D eigenvalue weighted by Crippen LogP contribution is 1.93. The van der Waals surface area contributed by atoms with Gasteiger partial charge in [-0.3, -0.25) is 0 Å². The Morgan fingerprint density at radius 3 is 3.11 bits per heavy atom. The van der Waals surface area contributed by atoms with Crippen LogP contribution in [0, 0.1) is 6.92 Å². The molecule has 49 valence electrons. The normalized spacial score (nSPS) is 16.8. The second kappa shape index (κ2) is 3.28. The third-order valence-corrected chi connectivity index (χ3v) is 1.21. The highest BCUT2D eigenvalue weighted by atomic mass is 15.1. The van der Waals surface area contributed by atoms with Crippen LogP contribution >= 0.6 is 0 Å². The van der Waals surface area contributed by atoms with Crippen molar-refractivity contribution in [2.24, 2.45) is 4.99 Å². The van der Waals surface area contributed by atoms with Gasteiger partial charge in [-0.05, 0) is 12.5 Å². The fourth-order valence-electron chi connectivity index (χ4n) is 0.775. The molecule has 0 spiro atoms. The molecule has 2 heteroatoms. The Labute approximate surface area is 55.9 Å². The van der Waals surface area contributed by atoms with E-state index in [1.54, 1.807) is 0 Å². The molecule has 0 aliphatic carbocycles. The lowest BCUT2D eigenvalue weighted by atomic mass is 10.4. The van der Waals surface area contributed by atoms with Gasteiger partial charge in [-0.2, -0.15) is 0 Å². The summed E-state index contributed by atoms with van der Waals surface area (Å²) in [5.41, 5.74) is 0. The molecule has 0 aromatic carbocycles. The Balaban J connectivity index is 2.28. The van der Waals surface area contributed by atoms with Crippen molar-refractivity contribution >= 4 is 6.34 Å². The monoisotopic (exact) mass is 123 g/mol. The van der Waals surface area contributed by atoms with Crippen LogP contribution in [0.25, 0.3) is 0 Å². The summed E-state index contributed by atoms with van der Waals surface area (Å²) < 4.78 is 0. The molecule has 1 rings (SSSR count). The van der Waals surface area contributed by atoms with Crippen LogP contribution in [0.5, 0.6) is 0 Å². The van der Waals surface area contributed by atoms with E-state index in [2.05, 4.69) is 16.8 Å². The van der Waals surface area contributed by atoms with E-state index in [0.29, 0.717) is 0 Å². The zero-order chi connectivity index (χ0) is 6.53. The molecule has 0 fully saturated rings. The summed E-state index contributed by atoms with van der Waals surface area (Å²) in [6, 6.07) is 0. The Hall–Kier alpha value is -0.790. The molecule has 1 aliphatic rings. The molecule has 0 saturated carbocycles. The molecule has 0 unspecified atom stereocenters. The lowest BCUT2D eigenvalue weighted by Gasteiger charge is -2.17. The number of aliphatic imine (C=N–C) groups is 1. The number of hydrogen-bond acceptors (Lipinski definition) is 2. The fraction of sp³-hybridized carbons (Fsp3) is 0.429. The summed E-state index contributed by atoms with van der Waals surface area (Å²) in [5, 5.41) is 0. The quantitative estimate of drug-likeness (QED) is 0.536. The predicted octanol–water partition coefficient (Wildman–Crippen LogP) is 1.07. The third kappa shape index (κ3) is 1.88. The first kappa shape index (κ1) is 6.33. The molecule has 0 N–H and O–H groups in total. The van der Waals surface area contributed by atoms with Gasteiger partial charge in [0.05, 0.1) is 6.34 Å². The number of nitrogens with zero attached hydrogens (tertiary/aromatic N) is 2. The van der Waals surface area contributed by atoms with Gasteiger partial charge in [-0.15, -0.1) is 0 Å².